The second kappa shape index (κ2) is 5.64. The number of benzene rings is 1. The maximum absolute atomic E-state index is 12.6. The summed E-state index contributed by atoms with van der Waals surface area (Å²) in [4.78, 5) is 4.10. The fraction of sp³-hybridized carbons (Fsp3) is 0.200. The van der Waals surface area contributed by atoms with Gasteiger partial charge >= 0.3 is 0 Å². The number of phenols is 1. The highest BCUT2D eigenvalue weighted by Gasteiger charge is 2.22. The molecule has 2 heterocycles. The molecule has 0 aliphatic rings. The average Bonchev–Trinajstić information content (AvgIpc) is 2.76. The lowest BCUT2D eigenvalue weighted by molar-refractivity contribution is 0.459. The molecule has 0 spiro atoms. The standard InChI is InChI=1S/C15H15ClN4O3S/c1-8-10-7-12(9(2)17-15(10)20(3)18-8)19-24(22,23)13-6-4-5-11(16)14(13)21/h4-7,19,21H,1-3H3. The van der Waals surface area contributed by atoms with Gasteiger partial charge in [0.15, 0.2) is 11.4 Å². The first-order chi connectivity index (χ1) is 11.2. The summed E-state index contributed by atoms with van der Waals surface area (Å²) in [6.07, 6.45) is 0. The molecule has 0 atom stereocenters. The molecule has 0 aliphatic carbocycles. The van der Waals surface area contributed by atoms with E-state index >= 15 is 0 Å². The first-order valence-corrected chi connectivity index (χ1v) is 8.88. The summed E-state index contributed by atoms with van der Waals surface area (Å²) in [6, 6.07) is 5.82. The number of aromatic nitrogens is 3. The van der Waals surface area contributed by atoms with Gasteiger partial charge in [-0.05, 0) is 32.0 Å². The number of sulfonamides is 1. The van der Waals surface area contributed by atoms with Gasteiger partial charge in [0, 0.05) is 12.4 Å². The van der Waals surface area contributed by atoms with Gasteiger partial charge in [-0.15, -0.1) is 0 Å². The number of aryl methyl sites for hydroxylation is 3. The molecule has 1 aromatic carbocycles. The quantitative estimate of drug-likeness (QED) is 0.742. The first kappa shape index (κ1) is 16.5. The Labute approximate surface area is 144 Å². The molecule has 24 heavy (non-hydrogen) atoms. The molecule has 0 saturated heterocycles. The molecule has 3 aromatic rings. The zero-order valence-corrected chi connectivity index (χ0v) is 14.8. The van der Waals surface area contributed by atoms with E-state index in [-0.39, 0.29) is 9.92 Å². The summed E-state index contributed by atoms with van der Waals surface area (Å²) in [5.41, 5.74) is 2.22. The predicted molar refractivity (Wildman–Crippen MR) is 91.9 cm³/mol. The minimum absolute atomic E-state index is 0.0359. The molecule has 0 fully saturated rings. The van der Waals surface area contributed by atoms with Crippen LogP contribution in [0.25, 0.3) is 11.0 Å². The van der Waals surface area contributed by atoms with Gasteiger partial charge in [0.05, 0.1) is 22.1 Å². The van der Waals surface area contributed by atoms with Gasteiger partial charge in [-0.25, -0.2) is 13.4 Å². The molecule has 126 valence electrons. The van der Waals surface area contributed by atoms with Crippen LogP contribution in [0.5, 0.6) is 5.75 Å². The summed E-state index contributed by atoms with van der Waals surface area (Å²) < 4.78 is 29.2. The van der Waals surface area contributed by atoms with E-state index < -0.39 is 15.8 Å². The third-order valence-electron chi connectivity index (χ3n) is 3.67. The monoisotopic (exact) mass is 366 g/mol. The van der Waals surface area contributed by atoms with Crippen molar-refractivity contribution in [2.75, 3.05) is 4.72 Å². The lowest BCUT2D eigenvalue weighted by Gasteiger charge is -2.12. The maximum atomic E-state index is 12.6. The van der Waals surface area contributed by atoms with Crippen LogP contribution in [-0.2, 0) is 17.1 Å². The maximum Gasteiger partial charge on any atom is 0.265 e. The van der Waals surface area contributed by atoms with E-state index in [0.29, 0.717) is 17.0 Å². The Bertz CT molecular complexity index is 1060. The van der Waals surface area contributed by atoms with Crippen molar-refractivity contribution >= 4 is 38.3 Å². The Kier molecular flexibility index (Phi) is 3.89. The van der Waals surface area contributed by atoms with E-state index in [4.69, 9.17) is 11.6 Å². The van der Waals surface area contributed by atoms with Crippen molar-refractivity contribution < 1.29 is 13.5 Å². The molecule has 7 nitrogen and oxygen atoms in total. The van der Waals surface area contributed by atoms with Crippen LogP contribution in [0, 0.1) is 13.8 Å². The second-order valence-corrected chi connectivity index (χ2v) is 7.45. The van der Waals surface area contributed by atoms with Crippen molar-refractivity contribution in [1.29, 1.82) is 0 Å². The summed E-state index contributed by atoms with van der Waals surface area (Å²) in [7, 11) is -2.24. The van der Waals surface area contributed by atoms with Gasteiger partial charge in [0.2, 0.25) is 0 Å². The van der Waals surface area contributed by atoms with Crippen molar-refractivity contribution in [3.63, 3.8) is 0 Å². The smallest absolute Gasteiger partial charge is 0.265 e. The van der Waals surface area contributed by atoms with Crippen molar-refractivity contribution in [3.8, 4) is 5.75 Å². The van der Waals surface area contributed by atoms with Gasteiger partial charge < -0.3 is 5.11 Å². The molecule has 2 N–H and O–H groups in total. The van der Waals surface area contributed by atoms with E-state index in [1.54, 1.807) is 24.7 Å². The number of anilines is 1. The molecular formula is C15H15ClN4O3S. The van der Waals surface area contributed by atoms with Crippen LogP contribution in [0.4, 0.5) is 5.69 Å². The molecule has 0 unspecified atom stereocenters. The second-order valence-electron chi connectivity index (χ2n) is 5.39. The molecule has 0 amide bonds. The van der Waals surface area contributed by atoms with E-state index in [0.717, 1.165) is 11.1 Å². The van der Waals surface area contributed by atoms with Crippen molar-refractivity contribution in [1.82, 2.24) is 14.8 Å². The Hall–Kier alpha value is -2.32. The van der Waals surface area contributed by atoms with Crippen LogP contribution in [0.3, 0.4) is 0 Å². The predicted octanol–water partition coefficient (Wildman–Crippen LogP) is 2.74. The third-order valence-corrected chi connectivity index (χ3v) is 5.37. The minimum Gasteiger partial charge on any atom is -0.505 e. The Morgan fingerprint density at radius 1 is 1.25 bits per heavy atom. The number of phenolic OH excluding ortho intramolecular Hbond substituents is 1. The van der Waals surface area contributed by atoms with Crippen molar-refractivity contribution in [2.24, 2.45) is 7.05 Å². The molecule has 0 aliphatic heterocycles. The van der Waals surface area contributed by atoms with Gasteiger partial charge in [-0.3, -0.25) is 9.40 Å². The number of para-hydroxylation sites is 1. The van der Waals surface area contributed by atoms with Gasteiger partial charge in [0.1, 0.15) is 4.90 Å². The fourth-order valence-electron chi connectivity index (χ4n) is 2.45. The summed E-state index contributed by atoms with van der Waals surface area (Å²) in [5.74, 6) is -0.490. The zero-order valence-electron chi connectivity index (χ0n) is 13.2. The summed E-state index contributed by atoms with van der Waals surface area (Å²) >= 11 is 5.79. The Morgan fingerprint density at radius 3 is 2.67 bits per heavy atom. The number of nitrogens with zero attached hydrogens (tertiary/aromatic N) is 3. The summed E-state index contributed by atoms with van der Waals surface area (Å²) in [6.45, 7) is 3.51. The van der Waals surface area contributed by atoms with Crippen LogP contribution in [0.1, 0.15) is 11.4 Å². The normalized spacial score (nSPS) is 11.8. The highest BCUT2D eigenvalue weighted by Crippen LogP contribution is 2.32. The number of halogens is 1. The number of pyridine rings is 1. The van der Waals surface area contributed by atoms with Crippen LogP contribution < -0.4 is 4.72 Å². The molecule has 0 radical (unpaired) electrons. The number of fused-ring (bicyclic) bond motifs is 1. The fourth-order valence-corrected chi connectivity index (χ4v) is 3.91. The Morgan fingerprint density at radius 2 is 1.96 bits per heavy atom. The van der Waals surface area contributed by atoms with Crippen LogP contribution in [0.2, 0.25) is 5.02 Å². The minimum atomic E-state index is -4.02. The van der Waals surface area contributed by atoms with Crippen molar-refractivity contribution in [3.05, 3.63) is 40.7 Å². The largest absolute Gasteiger partial charge is 0.505 e. The third kappa shape index (κ3) is 2.67. The number of hydrogen-bond donors (Lipinski definition) is 2. The Balaban J connectivity index is 2.10. The van der Waals surface area contributed by atoms with Gasteiger partial charge in [-0.2, -0.15) is 5.10 Å². The van der Waals surface area contributed by atoms with Crippen LogP contribution in [-0.4, -0.2) is 28.3 Å². The molecule has 0 saturated carbocycles. The molecule has 0 bridgehead atoms. The van der Waals surface area contributed by atoms with Crippen molar-refractivity contribution in [2.45, 2.75) is 18.7 Å². The van der Waals surface area contributed by atoms with Crippen LogP contribution >= 0.6 is 11.6 Å². The zero-order chi connectivity index (χ0) is 17.6. The van der Waals surface area contributed by atoms with E-state index in [2.05, 4.69) is 14.8 Å². The topological polar surface area (TPSA) is 97.1 Å². The lowest BCUT2D eigenvalue weighted by atomic mass is 10.2. The van der Waals surface area contributed by atoms with Gasteiger partial charge in [0.25, 0.3) is 10.0 Å². The molecular weight excluding hydrogens is 352 g/mol. The number of aromatic hydroxyl groups is 1. The molecule has 3 rings (SSSR count). The SMILES string of the molecule is Cc1nc2c(cc1NS(=O)(=O)c1cccc(Cl)c1O)c(C)nn2C. The van der Waals surface area contributed by atoms with E-state index in [1.165, 1.54) is 18.2 Å². The van der Waals surface area contributed by atoms with E-state index in [1.807, 2.05) is 6.92 Å². The average molecular weight is 367 g/mol. The number of rotatable bonds is 3. The van der Waals surface area contributed by atoms with E-state index in [9.17, 15) is 13.5 Å². The highest BCUT2D eigenvalue weighted by atomic mass is 35.5. The van der Waals surface area contributed by atoms with Crippen LogP contribution in [0.15, 0.2) is 29.2 Å². The molecule has 2 aromatic heterocycles. The highest BCUT2D eigenvalue weighted by molar-refractivity contribution is 7.92. The lowest BCUT2D eigenvalue weighted by Crippen LogP contribution is -2.14. The molecule has 9 heteroatoms. The number of nitrogens with one attached hydrogen (secondary N) is 1. The number of hydrogen-bond acceptors (Lipinski definition) is 5. The van der Waals surface area contributed by atoms with Gasteiger partial charge in [-0.1, -0.05) is 17.7 Å². The summed E-state index contributed by atoms with van der Waals surface area (Å²) in [5, 5.41) is 14.9. The first-order valence-electron chi connectivity index (χ1n) is 7.02.